The lowest BCUT2D eigenvalue weighted by atomic mass is 9.99. The Morgan fingerprint density at radius 1 is 1.13 bits per heavy atom. The molecule has 0 saturated heterocycles. The van der Waals surface area contributed by atoms with E-state index >= 15 is 0 Å². The third kappa shape index (κ3) is 4.71. The van der Waals surface area contributed by atoms with E-state index < -0.39 is 0 Å². The Bertz CT molecular complexity index is 1040. The molecule has 0 aliphatic heterocycles. The molecule has 1 heterocycles. The van der Waals surface area contributed by atoms with Crippen molar-refractivity contribution in [2.24, 2.45) is 0 Å². The summed E-state index contributed by atoms with van der Waals surface area (Å²) < 4.78 is 11.4. The highest BCUT2D eigenvalue weighted by Gasteiger charge is 2.16. The summed E-state index contributed by atoms with van der Waals surface area (Å²) in [6, 6.07) is 11.6. The van der Waals surface area contributed by atoms with Gasteiger partial charge >= 0.3 is 0 Å². The van der Waals surface area contributed by atoms with Crippen molar-refractivity contribution in [3.8, 4) is 16.9 Å². The molecule has 0 atom stereocenters. The van der Waals surface area contributed by atoms with Crippen LogP contribution in [0.2, 0.25) is 5.02 Å². The molecule has 1 aromatic heterocycles. The summed E-state index contributed by atoms with van der Waals surface area (Å²) in [5.41, 5.74) is 4.47. The Hall–Kier alpha value is -2.72. The van der Waals surface area contributed by atoms with E-state index in [0.29, 0.717) is 10.8 Å². The lowest BCUT2D eigenvalue weighted by Crippen LogP contribution is -2.31. The molecule has 5 heteroatoms. The van der Waals surface area contributed by atoms with E-state index in [9.17, 15) is 4.79 Å². The minimum Gasteiger partial charge on any atom is -0.496 e. The fraction of sp³-hybridized carbons (Fsp3) is 0.320. The first kappa shape index (κ1) is 22.0. The van der Waals surface area contributed by atoms with Crippen molar-refractivity contribution < 1.29 is 13.9 Å². The zero-order valence-electron chi connectivity index (χ0n) is 18.0. The van der Waals surface area contributed by atoms with Gasteiger partial charge in [0.05, 0.1) is 13.4 Å². The molecule has 0 fully saturated rings. The molecule has 0 N–H and O–H groups in total. The lowest BCUT2D eigenvalue weighted by Gasteiger charge is -2.20. The molecule has 4 nitrogen and oxygen atoms in total. The molecule has 0 aliphatic carbocycles. The highest BCUT2D eigenvalue weighted by molar-refractivity contribution is 6.30. The third-order valence-corrected chi connectivity index (χ3v) is 5.37. The van der Waals surface area contributed by atoms with Crippen molar-refractivity contribution in [3.63, 3.8) is 0 Å². The van der Waals surface area contributed by atoms with Crippen LogP contribution in [0, 0.1) is 0 Å². The summed E-state index contributed by atoms with van der Waals surface area (Å²) in [5, 5.41) is 1.65. The summed E-state index contributed by atoms with van der Waals surface area (Å²) in [4.78, 5) is 14.7. The molecule has 0 bridgehead atoms. The number of methoxy groups -OCH3 is 1. The highest BCUT2D eigenvalue weighted by atomic mass is 35.5. The average Bonchev–Trinajstić information content (AvgIpc) is 3.16. The normalized spacial score (nSPS) is 11.7. The number of rotatable bonds is 8. The fourth-order valence-electron chi connectivity index (χ4n) is 3.61. The first-order valence-corrected chi connectivity index (χ1v) is 10.7. The second kappa shape index (κ2) is 9.86. The predicted molar refractivity (Wildman–Crippen MR) is 124 cm³/mol. The molecule has 0 spiro atoms. The zero-order valence-corrected chi connectivity index (χ0v) is 18.8. The first-order valence-electron chi connectivity index (χ1n) is 10.3. The van der Waals surface area contributed by atoms with Crippen LogP contribution in [0.1, 0.15) is 39.2 Å². The minimum atomic E-state index is 0.0310. The first-order chi connectivity index (χ1) is 14.5. The molecule has 158 valence electrons. The number of hydrogen-bond donors (Lipinski definition) is 0. The van der Waals surface area contributed by atoms with Crippen molar-refractivity contribution in [2.75, 3.05) is 20.2 Å². The number of ether oxygens (including phenoxy) is 1. The van der Waals surface area contributed by atoms with Gasteiger partial charge in [-0.3, -0.25) is 4.79 Å². The molecule has 0 unspecified atom stereocenters. The number of halogens is 1. The van der Waals surface area contributed by atoms with Crippen molar-refractivity contribution in [1.82, 2.24) is 4.90 Å². The van der Waals surface area contributed by atoms with Crippen molar-refractivity contribution in [1.29, 1.82) is 0 Å². The minimum absolute atomic E-state index is 0.0310. The van der Waals surface area contributed by atoms with Gasteiger partial charge in [0.1, 0.15) is 11.3 Å². The number of nitrogens with zero attached hydrogens (tertiary/aromatic N) is 1. The molecule has 30 heavy (non-hydrogen) atoms. The number of hydrogen-bond acceptors (Lipinski definition) is 3. The van der Waals surface area contributed by atoms with E-state index in [1.165, 1.54) is 0 Å². The number of fused-ring (bicyclic) bond motifs is 1. The molecule has 1 amide bonds. The van der Waals surface area contributed by atoms with Crippen LogP contribution in [0.4, 0.5) is 0 Å². The lowest BCUT2D eigenvalue weighted by molar-refractivity contribution is -0.126. The van der Waals surface area contributed by atoms with E-state index in [-0.39, 0.29) is 5.91 Å². The Balaban J connectivity index is 2.04. The summed E-state index contributed by atoms with van der Waals surface area (Å²) in [5.74, 6) is 0.710. The van der Waals surface area contributed by atoms with Crippen LogP contribution in [0.3, 0.4) is 0 Å². The molecule has 3 rings (SSSR count). The van der Waals surface area contributed by atoms with Gasteiger partial charge in [-0.1, -0.05) is 37.6 Å². The van der Waals surface area contributed by atoms with Crippen LogP contribution in [0.15, 0.2) is 53.2 Å². The Kier molecular flexibility index (Phi) is 7.22. The standard InChI is InChI=1S/C25H28ClNO3/c1-5-11-27(12-6-2)25(28)13-17(3)20-14-21-22(18-7-9-19(26)10-8-18)16-30-24(21)15-23(20)29-4/h7-10,13-16H,5-6,11-12H2,1-4H3/b17-13+. The van der Waals surface area contributed by atoms with E-state index in [0.717, 1.165) is 59.2 Å². The van der Waals surface area contributed by atoms with Gasteiger partial charge in [-0.25, -0.2) is 0 Å². The smallest absolute Gasteiger partial charge is 0.246 e. The second-order valence-electron chi connectivity index (χ2n) is 7.36. The van der Waals surface area contributed by atoms with Crippen molar-refractivity contribution >= 4 is 34.1 Å². The van der Waals surface area contributed by atoms with Crippen molar-refractivity contribution in [2.45, 2.75) is 33.6 Å². The molecule has 0 aliphatic rings. The number of benzene rings is 2. The van der Waals surface area contributed by atoms with E-state index in [1.54, 1.807) is 19.4 Å². The molecule has 0 radical (unpaired) electrons. The van der Waals surface area contributed by atoms with Gasteiger partial charge in [-0.05, 0) is 49.1 Å². The fourth-order valence-corrected chi connectivity index (χ4v) is 3.74. The molecule has 3 aromatic rings. The second-order valence-corrected chi connectivity index (χ2v) is 7.79. The van der Waals surface area contributed by atoms with Crippen LogP contribution < -0.4 is 4.74 Å². The molecule has 2 aromatic carbocycles. The van der Waals surface area contributed by atoms with Gasteiger partial charge < -0.3 is 14.1 Å². The highest BCUT2D eigenvalue weighted by Crippen LogP contribution is 2.37. The monoisotopic (exact) mass is 425 g/mol. The summed E-state index contributed by atoms with van der Waals surface area (Å²) >= 11 is 6.03. The van der Waals surface area contributed by atoms with Gasteiger partial charge in [0.2, 0.25) is 5.91 Å². The Morgan fingerprint density at radius 2 is 1.80 bits per heavy atom. The van der Waals surface area contributed by atoms with Gasteiger partial charge in [-0.2, -0.15) is 0 Å². The molecular weight excluding hydrogens is 398 g/mol. The van der Waals surface area contributed by atoms with E-state index in [4.69, 9.17) is 20.8 Å². The van der Waals surface area contributed by atoms with Gasteiger partial charge in [0.15, 0.2) is 0 Å². The van der Waals surface area contributed by atoms with Crippen LogP contribution in [-0.4, -0.2) is 31.0 Å². The van der Waals surface area contributed by atoms with E-state index in [2.05, 4.69) is 13.8 Å². The Morgan fingerprint density at radius 3 is 2.40 bits per heavy atom. The molecule has 0 saturated carbocycles. The largest absolute Gasteiger partial charge is 0.496 e. The summed E-state index contributed by atoms with van der Waals surface area (Å²) in [6.07, 6.45) is 5.32. The Labute approximate surface area is 183 Å². The SMILES string of the molecule is CCCN(CCC)C(=O)/C=C(\C)c1cc2c(-c3ccc(Cl)cc3)coc2cc1OC. The number of amides is 1. The van der Waals surface area contributed by atoms with Crippen LogP contribution in [0.25, 0.3) is 27.7 Å². The van der Waals surface area contributed by atoms with Crippen LogP contribution >= 0.6 is 11.6 Å². The summed E-state index contributed by atoms with van der Waals surface area (Å²) in [6.45, 7) is 7.63. The van der Waals surface area contributed by atoms with Crippen LogP contribution in [0.5, 0.6) is 5.75 Å². The predicted octanol–water partition coefficient (Wildman–Crippen LogP) is 6.81. The van der Waals surface area contributed by atoms with Gasteiger partial charge in [0, 0.05) is 46.8 Å². The maximum absolute atomic E-state index is 12.8. The maximum Gasteiger partial charge on any atom is 0.246 e. The topological polar surface area (TPSA) is 42.7 Å². The zero-order chi connectivity index (χ0) is 21.7. The quantitative estimate of drug-likeness (QED) is 0.372. The van der Waals surface area contributed by atoms with Gasteiger partial charge in [-0.15, -0.1) is 0 Å². The van der Waals surface area contributed by atoms with Crippen LogP contribution in [-0.2, 0) is 4.79 Å². The van der Waals surface area contributed by atoms with Gasteiger partial charge in [0.25, 0.3) is 0 Å². The maximum atomic E-state index is 12.8. The third-order valence-electron chi connectivity index (χ3n) is 5.11. The number of allylic oxidation sites excluding steroid dienone is 1. The number of carbonyl (C=O) groups excluding carboxylic acids is 1. The molecular formula is C25H28ClNO3. The van der Waals surface area contributed by atoms with E-state index in [1.807, 2.05) is 48.2 Å². The van der Waals surface area contributed by atoms with Crippen molar-refractivity contribution in [3.05, 3.63) is 59.3 Å². The summed E-state index contributed by atoms with van der Waals surface area (Å²) in [7, 11) is 1.63. The number of furan rings is 1. The average molecular weight is 426 g/mol. The number of carbonyl (C=O) groups is 1.